The maximum atomic E-state index is 5.74. The van der Waals surface area contributed by atoms with Crippen molar-refractivity contribution in [2.75, 3.05) is 0 Å². The molecule has 66 valence electrons. The molecule has 0 fully saturated rings. The van der Waals surface area contributed by atoms with Crippen molar-refractivity contribution in [3.8, 4) is 0 Å². The van der Waals surface area contributed by atoms with Crippen molar-refractivity contribution in [2.24, 2.45) is 0 Å². The van der Waals surface area contributed by atoms with Gasteiger partial charge < -0.3 is 4.42 Å². The average Bonchev–Trinajstić information content (AvgIpc) is 2.66. The van der Waals surface area contributed by atoms with Gasteiger partial charge in [0.25, 0.3) is 0 Å². The molecule has 0 aliphatic heterocycles. The molecule has 1 heterocycles. The Balaban J connectivity index is 2.60. The van der Waals surface area contributed by atoms with E-state index in [0.29, 0.717) is 0 Å². The van der Waals surface area contributed by atoms with E-state index in [1.54, 1.807) is 0 Å². The van der Waals surface area contributed by atoms with Crippen LogP contribution in [0, 0.1) is 13.8 Å². The van der Waals surface area contributed by atoms with Crippen molar-refractivity contribution >= 4 is 11.1 Å². The molecule has 2 aliphatic rings. The summed E-state index contributed by atoms with van der Waals surface area (Å²) in [5.74, 6) is 1.07. The van der Waals surface area contributed by atoms with Gasteiger partial charge in [-0.15, -0.1) is 0 Å². The topological polar surface area (TPSA) is 13.1 Å². The minimum atomic E-state index is 1.07. The molecule has 0 saturated carbocycles. The second-order valence-electron chi connectivity index (χ2n) is 4.00. The monoisotopic (exact) mass is 172 g/mol. The first-order valence-corrected chi connectivity index (χ1v) is 4.69. The lowest BCUT2D eigenvalue weighted by atomic mass is 10.1. The van der Waals surface area contributed by atoms with Crippen LogP contribution in [-0.4, -0.2) is 0 Å². The van der Waals surface area contributed by atoms with E-state index in [-0.39, 0.29) is 0 Å². The molecule has 0 amide bonds. The molecular weight excluding hydrogens is 160 g/mol. The van der Waals surface area contributed by atoms with Crippen molar-refractivity contribution in [2.45, 2.75) is 27.2 Å². The lowest BCUT2D eigenvalue weighted by Crippen LogP contribution is -2.23. The van der Waals surface area contributed by atoms with E-state index in [0.717, 1.165) is 17.6 Å². The first kappa shape index (κ1) is 7.19. The minimum absolute atomic E-state index is 1.07. The average molecular weight is 172 g/mol. The van der Waals surface area contributed by atoms with Gasteiger partial charge in [0.05, 0.1) is 0 Å². The predicted octanol–water partition coefficient (Wildman–Crippen LogP) is 1.56. The molecule has 3 rings (SSSR count). The Bertz CT molecular complexity index is 553. The maximum Gasteiger partial charge on any atom is 0.138 e. The molecule has 0 unspecified atom stereocenters. The quantitative estimate of drug-likeness (QED) is 0.579. The van der Waals surface area contributed by atoms with Crippen LogP contribution in [0.4, 0.5) is 0 Å². The van der Waals surface area contributed by atoms with Gasteiger partial charge in [-0.2, -0.15) is 0 Å². The summed E-state index contributed by atoms with van der Waals surface area (Å²) in [6.45, 7) is 6.38. The molecule has 0 spiro atoms. The van der Waals surface area contributed by atoms with Crippen LogP contribution in [0.25, 0.3) is 11.1 Å². The Hall–Kier alpha value is -1.24. The normalized spacial score (nSPS) is 18.2. The second kappa shape index (κ2) is 1.98. The Morgan fingerprint density at radius 3 is 2.77 bits per heavy atom. The van der Waals surface area contributed by atoms with Crippen LogP contribution >= 0.6 is 0 Å². The highest BCUT2D eigenvalue weighted by Gasteiger charge is 2.24. The third-order valence-electron chi connectivity index (χ3n) is 3.21. The maximum absolute atomic E-state index is 5.74. The largest absolute Gasteiger partial charge is 0.461 e. The summed E-state index contributed by atoms with van der Waals surface area (Å²) in [4.78, 5) is 0. The molecule has 0 radical (unpaired) electrons. The standard InChI is InChI=1S/C12H12O/c1-6-4-9-5-10(6)11-7(2)8(3)13-12(9)11/h4H,5H2,1-3H3. The Morgan fingerprint density at radius 2 is 2.00 bits per heavy atom. The number of fused-ring (bicyclic) bond motifs is 3. The summed E-state index contributed by atoms with van der Waals surface area (Å²) in [7, 11) is 0. The van der Waals surface area contributed by atoms with Gasteiger partial charge in [-0.1, -0.05) is 6.08 Å². The Kier molecular flexibility index (Phi) is 1.09. The summed E-state index contributed by atoms with van der Waals surface area (Å²) < 4.78 is 5.74. The van der Waals surface area contributed by atoms with E-state index in [4.69, 9.17) is 4.42 Å². The highest BCUT2D eigenvalue weighted by atomic mass is 16.3. The number of hydrogen-bond acceptors (Lipinski definition) is 1. The molecule has 0 atom stereocenters. The number of hydrogen-bond donors (Lipinski definition) is 0. The zero-order valence-electron chi connectivity index (χ0n) is 8.19. The third kappa shape index (κ3) is 0.683. The first-order valence-electron chi connectivity index (χ1n) is 4.69. The van der Waals surface area contributed by atoms with Crippen LogP contribution in [0.15, 0.2) is 16.1 Å². The first-order chi connectivity index (χ1) is 6.18. The van der Waals surface area contributed by atoms with Gasteiger partial charge in [0.15, 0.2) is 0 Å². The van der Waals surface area contributed by atoms with E-state index in [9.17, 15) is 0 Å². The van der Waals surface area contributed by atoms with Crippen LogP contribution in [-0.2, 0) is 0 Å². The molecule has 2 aliphatic carbocycles. The molecule has 0 N–H and O–H groups in total. The fourth-order valence-electron chi connectivity index (χ4n) is 2.38. The van der Waals surface area contributed by atoms with Crippen LogP contribution in [0.1, 0.15) is 24.7 Å². The molecule has 1 aromatic rings. The van der Waals surface area contributed by atoms with Crippen molar-refractivity contribution < 1.29 is 4.42 Å². The molecule has 2 bridgehead atoms. The van der Waals surface area contributed by atoms with Gasteiger partial charge in [-0.05, 0) is 37.5 Å². The van der Waals surface area contributed by atoms with Crippen LogP contribution in [0.3, 0.4) is 0 Å². The summed E-state index contributed by atoms with van der Waals surface area (Å²) in [5.41, 5.74) is 6.74. The summed E-state index contributed by atoms with van der Waals surface area (Å²) in [5, 5.41) is 1.38. The van der Waals surface area contributed by atoms with Gasteiger partial charge in [-0.3, -0.25) is 0 Å². The van der Waals surface area contributed by atoms with Crippen molar-refractivity contribution in [1.82, 2.24) is 0 Å². The number of furan rings is 1. The van der Waals surface area contributed by atoms with Crippen molar-refractivity contribution in [3.63, 3.8) is 0 Å². The van der Waals surface area contributed by atoms with Gasteiger partial charge in [0.2, 0.25) is 0 Å². The fourth-order valence-corrected chi connectivity index (χ4v) is 2.38. The molecule has 1 nitrogen and oxygen atoms in total. The molecular formula is C12H12O. The van der Waals surface area contributed by atoms with E-state index in [1.807, 2.05) is 6.92 Å². The minimum Gasteiger partial charge on any atom is -0.461 e. The Labute approximate surface area is 77.1 Å². The highest BCUT2D eigenvalue weighted by molar-refractivity contribution is 5.88. The van der Waals surface area contributed by atoms with E-state index >= 15 is 0 Å². The molecule has 0 aromatic carbocycles. The third-order valence-corrected chi connectivity index (χ3v) is 3.21. The van der Waals surface area contributed by atoms with E-state index < -0.39 is 0 Å². The fraction of sp³-hybridized carbons (Fsp3) is 0.333. The SMILES string of the molecule is CC1=CC2=c3oc(C)c(C)c3=C1C2. The van der Waals surface area contributed by atoms with E-state index in [1.165, 1.54) is 27.5 Å². The van der Waals surface area contributed by atoms with Crippen molar-refractivity contribution in [3.05, 3.63) is 33.6 Å². The Morgan fingerprint density at radius 1 is 1.23 bits per heavy atom. The summed E-state index contributed by atoms with van der Waals surface area (Å²) in [6, 6.07) is 0. The molecule has 1 heteroatoms. The predicted molar refractivity (Wildman–Crippen MR) is 52.6 cm³/mol. The second-order valence-corrected chi connectivity index (χ2v) is 4.00. The molecule has 13 heavy (non-hydrogen) atoms. The van der Waals surface area contributed by atoms with Gasteiger partial charge in [-0.25, -0.2) is 0 Å². The van der Waals surface area contributed by atoms with Crippen LogP contribution < -0.4 is 10.6 Å². The van der Waals surface area contributed by atoms with Gasteiger partial charge in [0.1, 0.15) is 11.2 Å². The zero-order chi connectivity index (χ0) is 9.16. The summed E-state index contributed by atoms with van der Waals surface area (Å²) in [6.07, 6.45) is 3.35. The zero-order valence-corrected chi connectivity index (χ0v) is 8.19. The molecule has 1 aromatic heterocycles. The number of rotatable bonds is 0. The van der Waals surface area contributed by atoms with Gasteiger partial charge in [0, 0.05) is 17.2 Å². The van der Waals surface area contributed by atoms with Crippen molar-refractivity contribution in [1.29, 1.82) is 0 Å². The van der Waals surface area contributed by atoms with Crippen LogP contribution in [0.5, 0.6) is 0 Å². The smallest absolute Gasteiger partial charge is 0.138 e. The van der Waals surface area contributed by atoms with Crippen LogP contribution in [0.2, 0.25) is 0 Å². The number of aryl methyl sites for hydroxylation is 1. The lowest BCUT2D eigenvalue weighted by molar-refractivity contribution is 0.498. The summed E-state index contributed by atoms with van der Waals surface area (Å²) >= 11 is 0. The van der Waals surface area contributed by atoms with E-state index in [2.05, 4.69) is 19.9 Å². The lowest BCUT2D eigenvalue weighted by Gasteiger charge is -1.95. The number of allylic oxidation sites excluding steroid dienone is 2. The molecule has 0 saturated heterocycles. The van der Waals surface area contributed by atoms with Gasteiger partial charge >= 0.3 is 0 Å². The highest BCUT2D eigenvalue weighted by Crippen LogP contribution is 2.32.